The van der Waals surface area contributed by atoms with Gasteiger partial charge in [0.15, 0.2) is 22.8 Å². The molecule has 1 atom stereocenters. The molecule has 2 aromatic heterocycles. The van der Waals surface area contributed by atoms with Gasteiger partial charge in [0.25, 0.3) is 5.91 Å². The first-order valence-corrected chi connectivity index (χ1v) is 11.2. The molecular weight excluding hydrogens is 454 g/mol. The molecule has 2 aliphatic heterocycles. The topological polar surface area (TPSA) is 117 Å². The van der Waals surface area contributed by atoms with Crippen molar-refractivity contribution in [2.24, 2.45) is 0 Å². The highest BCUT2D eigenvalue weighted by Gasteiger charge is 2.31. The maximum atomic E-state index is 13.3. The third-order valence-corrected chi connectivity index (χ3v) is 6.29. The minimum Gasteiger partial charge on any atom is -0.493 e. The molecular formula is C25H21N3O7. The fourth-order valence-corrected chi connectivity index (χ4v) is 4.51. The highest BCUT2D eigenvalue weighted by Crippen LogP contribution is 2.36. The van der Waals surface area contributed by atoms with E-state index < -0.39 is 5.63 Å². The van der Waals surface area contributed by atoms with Crippen LogP contribution in [0.3, 0.4) is 0 Å². The summed E-state index contributed by atoms with van der Waals surface area (Å²) >= 11 is 0. The van der Waals surface area contributed by atoms with Crippen LogP contribution in [0.2, 0.25) is 0 Å². The predicted octanol–water partition coefficient (Wildman–Crippen LogP) is 3.60. The molecule has 1 amide bonds. The van der Waals surface area contributed by atoms with E-state index in [2.05, 4.69) is 10.2 Å². The molecule has 10 heteroatoms. The summed E-state index contributed by atoms with van der Waals surface area (Å²) < 4.78 is 27.4. The van der Waals surface area contributed by atoms with E-state index in [1.807, 2.05) is 6.07 Å². The molecule has 0 N–H and O–H groups in total. The van der Waals surface area contributed by atoms with Crippen molar-refractivity contribution in [3.63, 3.8) is 0 Å². The zero-order valence-electron chi connectivity index (χ0n) is 18.9. The van der Waals surface area contributed by atoms with E-state index in [1.165, 1.54) is 7.11 Å². The number of rotatable bonds is 4. The Labute approximate surface area is 199 Å². The molecule has 10 nitrogen and oxygen atoms in total. The van der Waals surface area contributed by atoms with Gasteiger partial charge in [-0.15, -0.1) is 10.2 Å². The third-order valence-electron chi connectivity index (χ3n) is 6.29. The van der Waals surface area contributed by atoms with Crippen LogP contribution in [0.4, 0.5) is 0 Å². The monoisotopic (exact) mass is 475 g/mol. The van der Waals surface area contributed by atoms with E-state index in [0.717, 1.165) is 18.4 Å². The quantitative estimate of drug-likeness (QED) is 0.408. The molecule has 35 heavy (non-hydrogen) atoms. The summed E-state index contributed by atoms with van der Waals surface area (Å²) in [5.74, 6) is 2.02. The van der Waals surface area contributed by atoms with Gasteiger partial charge in [0.2, 0.25) is 18.6 Å². The third kappa shape index (κ3) is 3.76. The lowest BCUT2D eigenvalue weighted by atomic mass is 9.97. The first-order valence-electron chi connectivity index (χ1n) is 11.2. The SMILES string of the molecule is COc1cccc2cc(C(=O)N3CCCC(c4nnc(-c5ccc6c(c5)OCO6)o4)C3)c(=O)oc12. The van der Waals surface area contributed by atoms with Gasteiger partial charge >= 0.3 is 5.63 Å². The molecule has 0 spiro atoms. The van der Waals surface area contributed by atoms with Crippen molar-refractivity contribution in [1.82, 2.24) is 15.1 Å². The van der Waals surface area contributed by atoms with Crippen molar-refractivity contribution in [1.29, 1.82) is 0 Å². The predicted molar refractivity (Wildman–Crippen MR) is 123 cm³/mol. The number of aromatic nitrogens is 2. The van der Waals surface area contributed by atoms with E-state index in [1.54, 1.807) is 41.3 Å². The second-order valence-electron chi connectivity index (χ2n) is 8.43. The number of benzene rings is 2. The Morgan fingerprint density at radius 3 is 2.86 bits per heavy atom. The fourth-order valence-electron chi connectivity index (χ4n) is 4.51. The van der Waals surface area contributed by atoms with E-state index in [0.29, 0.717) is 53.1 Å². The number of ether oxygens (including phenoxy) is 3. The van der Waals surface area contributed by atoms with Gasteiger partial charge in [-0.05, 0) is 43.2 Å². The molecule has 0 aliphatic carbocycles. The summed E-state index contributed by atoms with van der Waals surface area (Å²) in [5.41, 5.74) is 0.325. The largest absolute Gasteiger partial charge is 0.493 e. The Hall–Kier alpha value is -4.34. The number of carbonyl (C=O) groups is 1. The molecule has 0 radical (unpaired) electrons. The van der Waals surface area contributed by atoms with Gasteiger partial charge in [-0.1, -0.05) is 12.1 Å². The number of likely N-dealkylation sites (tertiary alicyclic amines) is 1. The standard InChI is InChI=1S/C25H21N3O7/c1-31-19-6-2-4-14-10-17(25(30)34-21(14)19)24(29)28-9-3-5-16(12-28)23-27-26-22(35-23)15-7-8-18-20(11-15)33-13-32-18/h2,4,6-8,10-11,16H,3,5,9,12-13H2,1H3. The van der Waals surface area contributed by atoms with Crippen LogP contribution >= 0.6 is 0 Å². The van der Waals surface area contributed by atoms with Crippen molar-refractivity contribution in [2.45, 2.75) is 18.8 Å². The van der Waals surface area contributed by atoms with Crippen molar-refractivity contribution >= 4 is 16.9 Å². The van der Waals surface area contributed by atoms with Crippen molar-refractivity contribution < 1.29 is 27.8 Å². The Morgan fingerprint density at radius 1 is 1.09 bits per heavy atom. The number of nitrogens with zero attached hydrogens (tertiary/aromatic N) is 3. The van der Waals surface area contributed by atoms with E-state index in [-0.39, 0.29) is 24.2 Å². The minimum atomic E-state index is -0.697. The molecule has 4 aromatic rings. The van der Waals surface area contributed by atoms with Gasteiger partial charge in [0.05, 0.1) is 13.0 Å². The first-order chi connectivity index (χ1) is 17.1. The maximum absolute atomic E-state index is 13.3. The van der Waals surface area contributed by atoms with Gasteiger partial charge in [-0.3, -0.25) is 4.79 Å². The molecule has 6 rings (SSSR count). The molecule has 2 aromatic carbocycles. The summed E-state index contributed by atoms with van der Waals surface area (Å²) in [5, 5.41) is 9.04. The van der Waals surface area contributed by atoms with Crippen LogP contribution in [0, 0.1) is 0 Å². The second-order valence-corrected chi connectivity index (χ2v) is 8.43. The summed E-state index contributed by atoms with van der Waals surface area (Å²) in [4.78, 5) is 27.6. The second kappa shape index (κ2) is 8.46. The summed E-state index contributed by atoms with van der Waals surface area (Å²) in [7, 11) is 1.50. The fraction of sp³-hybridized carbons (Fsp3) is 0.280. The smallest absolute Gasteiger partial charge is 0.349 e. The van der Waals surface area contributed by atoms with Crippen molar-refractivity contribution in [2.75, 3.05) is 27.0 Å². The Balaban J connectivity index is 1.23. The number of methoxy groups -OCH3 is 1. The lowest BCUT2D eigenvalue weighted by Gasteiger charge is -2.30. The first kappa shape index (κ1) is 21.2. The number of para-hydroxylation sites is 1. The van der Waals surface area contributed by atoms with Crippen LogP contribution in [0.5, 0.6) is 17.2 Å². The Kier molecular flexibility index (Phi) is 5.13. The molecule has 1 unspecified atom stereocenters. The normalized spacial score (nSPS) is 17.1. The maximum Gasteiger partial charge on any atom is 0.349 e. The van der Waals surface area contributed by atoms with Gasteiger partial charge in [-0.2, -0.15) is 0 Å². The lowest BCUT2D eigenvalue weighted by molar-refractivity contribution is 0.0694. The zero-order chi connectivity index (χ0) is 23.9. The average Bonchev–Trinajstić information content (AvgIpc) is 3.57. The number of piperidine rings is 1. The molecule has 1 fully saturated rings. The summed E-state index contributed by atoms with van der Waals surface area (Å²) in [6.45, 7) is 1.06. The van der Waals surface area contributed by atoms with Crippen LogP contribution in [0.25, 0.3) is 22.4 Å². The molecule has 1 saturated heterocycles. The van der Waals surface area contributed by atoms with Crippen LogP contribution in [0.1, 0.15) is 35.0 Å². The number of fused-ring (bicyclic) bond motifs is 2. The van der Waals surface area contributed by atoms with Crippen molar-refractivity contribution in [3.8, 4) is 28.7 Å². The van der Waals surface area contributed by atoms with Crippen LogP contribution in [-0.2, 0) is 0 Å². The number of carbonyl (C=O) groups excluding carboxylic acids is 1. The van der Waals surface area contributed by atoms with Gasteiger partial charge < -0.3 is 27.9 Å². The summed E-state index contributed by atoms with van der Waals surface area (Å²) in [6.07, 6.45) is 1.53. The van der Waals surface area contributed by atoms with Gasteiger partial charge in [0.1, 0.15) is 5.56 Å². The number of amides is 1. The Bertz CT molecular complexity index is 1490. The molecule has 0 bridgehead atoms. The van der Waals surface area contributed by atoms with Crippen LogP contribution in [0.15, 0.2) is 56.1 Å². The summed E-state index contributed by atoms with van der Waals surface area (Å²) in [6, 6.07) is 12.2. The van der Waals surface area contributed by atoms with Gasteiger partial charge in [0, 0.05) is 24.0 Å². The van der Waals surface area contributed by atoms with E-state index in [4.69, 9.17) is 23.0 Å². The average molecular weight is 475 g/mol. The zero-order valence-corrected chi connectivity index (χ0v) is 18.9. The molecule has 178 valence electrons. The molecule has 0 saturated carbocycles. The van der Waals surface area contributed by atoms with Crippen LogP contribution < -0.4 is 19.8 Å². The van der Waals surface area contributed by atoms with Gasteiger partial charge in [-0.25, -0.2) is 4.79 Å². The number of hydrogen-bond acceptors (Lipinski definition) is 9. The highest BCUT2D eigenvalue weighted by atomic mass is 16.7. The lowest BCUT2D eigenvalue weighted by Crippen LogP contribution is -2.40. The minimum absolute atomic E-state index is 0.0158. The van der Waals surface area contributed by atoms with Crippen LogP contribution in [-0.4, -0.2) is 48.0 Å². The molecule has 2 aliphatic rings. The molecule has 4 heterocycles. The highest BCUT2D eigenvalue weighted by molar-refractivity contribution is 5.97. The van der Waals surface area contributed by atoms with E-state index >= 15 is 0 Å². The van der Waals surface area contributed by atoms with E-state index in [9.17, 15) is 9.59 Å². The number of hydrogen-bond donors (Lipinski definition) is 0. The Morgan fingerprint density at radius 2 is 1.97 bits per heavy atom. The van der Waals surface area contributed by atoms with Crippen molar-refractivity contribution in [3.05, 3.63) is 64.3 Å².